The molecule has 0 saturated carbocycles. The number of halogens is 1. The lowest BCUT2D eigenvalue weighted by molar-refractivity contribution is 1.15. The van der Waals surface area contributed by atoms with Crippen LogP contribution < -0.4 is 0 Å². The van der Waals surface area contributed by atoms with Crippen molar-refractivity contribution in [1.29, 1.82) is 0 Å². The molecule has 3 nitrogen and oxygen atoms in total. The molecule has 0 radical (unpaired) electrons. The number of rotatable bonds is 4. The van der Waals surface area contributed by atoms with Crippen molar-refractivity contribution in [2.45, 2.75) is 0 Å². The van der Waals surface area contributed by atoms with E-state index in [9.17, 15) is 0 Å². The van der Waals surface area contributed by atoms with Gasteiger partial charge in [-0.1, -0.05) is 113 Å². The van der Waals surface area contributed by atoms with Crippen molar-refractivity contribution in [3.63, 3.8) is 0 Å². The molecule has 0 atom stereocenters. The Morgan fingerprint density at radius 3 is 1.53 bits per heavy atom. The number of hydrogen-bond donors (Lipinski definition) is 0. The number of nitrogens with zero attached hydrogens (tertiary/aromatic N) is 3. The van der Waals surface area contributed by atoms with Gasteiger partial charge in [-0.15, -0.1) is 0 Å². The van der Waals surface area contributed by atoms with Crippen molar-refractivity contribution in [3.8, 4) is 39.6 Å². The molecular weight excluding hydrogens is 530 g/mol. The highest BCUT2D eigenvalue weighted by Crippen LogP contribution is 2.35. The van der Waals surface area contributed by atoms with Crippen molar-refractivity contribution in [2.24, 2.45) is 0 Å². The Balaban J connectivity index is 1.46. The predicted molar refractivity (Wildman–Crippen MR) is 160 cm³/mol. The first-order valence-electron chi connectivity index (χ1n) is 12.5. The molecular formula is C34H22BrN3. The Hall–Kier alpha value is -4.54. The summed E-state index contributed by atoms with van der Waals surface area (Å²) in [6, 6.07) is 46.2. The predicted octanol–water partition coefficient (Wildman–Crippen LogP) is 9.34. The number of benzene rings is 5. The molecule has 0 spiro atoms. The van der Waals surface area contributed by atoms with E-state index >= 15 is 0 Å². The smallest absolute Gasteiger partial charge is 0.160 e. The van der Waals surface area contributed by atoms with Crippen LogP contribution in [-0.4, -0.2) is 14.5 Å². The summed E-state index contributed by atoms with van der Waals surface area (Å²) in [6.45, 7) is 0. The lowest BCUT2D eigenvalue weighted by Gasteiger charge is -2.13. The lowest BCUT2D eigenvalue weighted by Crippen LogP contribution is -1.98. The quantitative estimate of drug-likeness (QED) is 0.218. The zero-order valence-corrected chi connectivity index (χ0v) is 22.0. The van der Waals surface area contributed by atoms with Crippen molar-refractivity contribution in [1.82, 2.24) is 14.5 Å². The Kier molecular flexibility index (Phi) is 5.60. The first-order chi connectivity index (χ1) is 18.7. The van der Waals surface area contributed by atoms with Crippen molar-refractivity contribution < 1.29 is 0 Å². The van der Waals surface area contributed by atoms with Crippen molar-refractivity contribution in [3.05, 3.63) is 138 Å². The lowest BCUT2D eigenvalue weighted by atomic mass is 10.1. The molecule has 0 N–H and O–H groups in total. The number of fused-ring (bicyclic) bond motifs is 3. The molecule has 0 saturated heterocycles. The van der Waals surface area contributed by atoms with E-state index < -0.39 is 0 Å². The van der Waals surface area contributed by atoms with Gasteiger partial charge >= 0.3 is 0 Å². The molecule has 7 rings (SSSR count). The normalized spacial score (nSPS) is 11.3. The molecule has 0 fully saturated rings. The highest BCUT2D eigenvalue weighted by atomic mass is 79.9. The zero-order chi connectivity index (χ0) is 25.5. The molecule has 7 aromatic rings. The van der Waals surface area contributed by atoms with Crippen LogP contribution in [-0.2, 0) is 0 Å². The fourth-order valence-corrected chi connectivity index (χ4v) is 5.60. The van der Waals surface area contributed by atoms with Gasteiger partial charge in [-0.05, 0) is 36.4 Å². The summed E-state index contributed by atoms with van der Waals surface area (Å²) in [5, 5.41) is 2.47. The molecule has 2 heterocycles. The van der Waals surface area contributed by atoms with Crippen LogP contribution in [0, 0.1) is 0 Å². The maximum atomic E-state index is 5.05. The minimum absolute atomic E-state index is 0.688. The third-order valence-corrected chi connectivity index (χ3v) is 7.30. The van der Waals surface area contributed by atoms with E-state index in [4.69, 9.17) is 9.97 Å². The monoisotopic (exact) mass is 551 g/mol. The van der Waals surface area contributed by atoms with Gasteiger partial charge in [0.25, 0.3) is 0 Å². The Labute approximate surface area is 229 Å². The Morgan fingerprint density at radius 2 is 0.974 bits per heavy atom. The van der Waals surface area contributed by atoms with Gasteiger partial charge in [-0.3, -0.25) is 0 Å². The fraction of sp³-hybridized carbons (Fsp3) is 0. The minimum Gasteiger partial charge on any atom is -0.309 e. The first kappa shape index (κ1) is 22.6. The van der Waals surface area contributed by atoms with E-state index in [0.29, 0.717) is 5.82 Å². The van der Waals surface area contributed by atoms with E-state index in [-0.39, 0.29) is 0 Å². The maximum Gasteiger partial charge on any atom is 0.160 e. The summed E-state index contributed by atoms with van der Waals surface area (Å²) in [7, 11) is 0. The maximum absolute atomic E-state index is 5.05. The van der Waals surface area contributed by atoms with Crippen LogP contribution >= 0.6 is 15.9 Å². The second-order valence-corrected chi connectivity index (χ2v) is 10.2. The topological polar surface area (TPSA) is 30.7 Å². The van der Waals surface area contributed by atoms with Crippen molar-refractivity contribution >= 4 is 37.7 Å². The summed E-state index contributed by atoms with van der Waals surface area (Å²) in [6.07, 6.45) is 0. The van der Waals surface area contributed by atoms with Crippen LogP contribution in [0.2, 0.25) is 0 Å². The molecule has 4 heteroatoms. The summed E-state index contributed by atoms with van der Waals surface area (Å²) in [4.78, 5) is 10.1. The zero-order valence-electron chi connectivity index (χ0n) is 20.4. The summed E-state index contributed by atoms with van der Waals surface area (Å²) in [5.41, 5.74) is 8.26. The number of para-hydroxylation sites is 2. The van der Waals surface area contributed by atoms with Gasteiger partial charge in [0.1, 0.15) is 0 Å². The first-order valence-corrected chi connectivity index (χ1v) is 13.3. The van der Waals surface area contributed by atoms with Gasteiger partial charge in [0.2, 0.25) is 0 Å². The standard InChI is InChI=1S/C34H22BrN3/c35-26-19-25(20-27(21-26)38-32-17-9-7-15-28(32)29-16-8-10-18-33(29)38)34-36-30(23-11-3-1-4-12-23)22-31(37-34)24-13-5-2-6-14-24/h1-22H. The minimum atomic E-state index is 0.688. The molecule has 0 bridgehead atoms. The summed E-state index contributed by atoms with van der Waals surface area (Å²) >= 11 is 3.78. The van der Waals surface area contributed by atoms with E-state index in [1.54, 1.807) is 0 Å². The molecule has 38 heavy (non-hydrogen) atoms. The highest BCUT2D eigenvalue weighted by molar-refractivity contribution is 9.10. The second kappa shape index (κ2) is 9.40. The fourth-order valence-electron chi connectivity index (χ4n) is 5.12. The largest absolute Gasteiger partial charge is 0.309 e. The van der Waals surface area contributed by atoms with Gasteiger partial charge in [0.05, 0.1) is 22.4 Å². The van der Waals surface area contributed by atoms with Crippen LogP contribution in [0.1, 0.15) is 0 Å². The average molecular weight is 552 g/mol. The molecule has 0 aliphatic heterocycles. The average Bonchev–Trinajstić information content (AvgIpc) is 3.32. The number of hydrogen-bond acceptors (Lipinski definition) is 2. The highest BCUT2D eigenvalue weighted by Gasteiger charge is 2.15. The van der Waals surface area contributed by atoms with Gasteiger partial charge < -0.3 is 4.57 Å². The van der Waals surface area contributed by atoms with Crippen LogP contribution in [0.4, 0.5) is 0 Å². The van der Waals surface area contributed by atoms with Crippen LogP contribution in [0.3, 0.4) is 0 Å². The molecule has 0 amide bonds. The summed E-state index contributed by atoms with van der Waals surface area (Å²) in [5.74, 6) is 0.688. The van der Waals surface area contributed by atoms with Crippen molar-refractivity contribution in [2.75, 3.05) is 0 Å². The van der Waals surface area contributed by atoms with E-state index in [1.807, 2.05) is 36.4 Å². The van der Waals surface area contributed by atoms with Crippen LogP contribution in [0.25, 0.3) is 61.4 Å². The molecule has 0 aliphatic rings. The molecule has 2 aromatic heterocycles. The van der Waals surface area contributed by atoms with Gasteiger partial charge in [0, 0.05) is 37.6 Å². The van der Waals surface area contributed by atoms with E-state index in [0.717, 1.165) is 38.2 Å². The summed E-state index contributed by atoms with van der Waals surface area (Å²) < 4.78 is 3.29. The third-order valence-electron chi connectivity index (χ3n) is 6.84. The SMILES string of the molecule is Brc1cc(-c2nc(-c3ccccc3)cc(-c3ccccc3)n2)cc(-n2c3ccccc3c3ccccc32)c1. The Morgan fingerprint density at radius 1 is 0.474 bits per heavy atom. The molecule has 0 aliphatic carbocycles. The second-order valence-electron chi connectivity index (χ2n) is 9.26. The Bertz CT molecular complexity index is 1810. The van der Waals surface area contributed by atoms with E-state index in [1.165, 1.54) is 21.8 Å². The molecule has 5 aromatic carbocycles. The van der Waals surface area contributed by atoms with Crippen LogP contribution in [0.5, 0.6) is 0 Å². The molecule has 0 unspecified atom stereocenters. The molecule has 180 valence electrons. The van der Waals surface area contributed by atoms with E-state index in [2.05, 4.69) is 118 Å². The van der Waals surface area contributed by atoms with Gasteiger partial charge in [-0.2, -0.15) is 0 Å². The van der Waals surface area contributed by atoms with Crippen LogP contribution in [0.15, 0.2) is 138 Å². The number of aromatic nitrogens is 3. The third kappa shape index (κ3) is 4.00. The van der Waals surface area contributed by atoms with Gasteiger partial charge in [-0.25, -0.2) is 9.97 Å². The van der Waals surface area contributed by atoms with Gasteiger partial charge in [0.15, 0.2) is 5.82 Å².